The van der Waals surface area contributed by atoms with Crippen molar-refractivity contribution in [3.8, 4) is 5.75 Å². The van der Waals surface area contributed by atoms with Crippen molar-refractivity contribution in [3.63, 3.8) is 0 Å². The monoisotopic (exact) mass is 404 g/mol. The van der Waals surface area contributed by atoms with Gasteiger partial charge in [0.15, 0.2) is 0 Å². The van der Waals surface area contributed by atoms with Gasteiger partial charge in [0.2, 0.25) is 0 Å². The maximum absolute atomic E-state index is 6.62. The molecule has 1 aliphatic rings. The second kappa shape index (κ2) is 5.51. The molecule has 0 amide bonds. The molecule has 1 aliphatic heterocycles. The number of hydrogen-bond donors (Lipinski definition) is 0. The van der Waals surface area contributed by atoms with E-state index in [9.17, 15) is 0 Å². The first kappa shape index (κ1) is 13.5. The lowest BCUT2D eigenvalue weighted by Gasteiger charge is -2.15. The SMILES string of the molecule is Clc1cc2c(c(C(Cl)c3cccc(I)c3)c1)OCC2. The van der Waals surface area contributed by atoms with E-state index in [1.165, 1.54) is 3.57 Å². The van der Waals surface area contributed by atoms with Crippen molar-refractivity contribution in [2.75, 3.05) is 6.61 Å². The van der Waals surface area contributed by atoms with Crippen LogP contribution in [0.25, 0.3) is 0 Å². The van der Waals surface area contributed by atoms with Crippen molar-refractivity contribution >= 4 is 45.8 Å². The molecule has 0 fully saturated rings. The van der Waals surface area contributed by atoms with Crippen LogP contribution in [-0.4, -0.2) is 6.61 Å². The van der Waals surface area contributed by atoms with Gasteiger partial charge in [-0.1, -0.05) is 23.7 Å². The molecule has 0 radical (unpaired) electrons. The molecule has 1 nitrogen and oxygen atoms in total. The van der Waals surface area contributed by atoms with Gasteiger partial charge in [-0.05, 0) is 58.0 Å². The van der Waals surface area contributed by atoms with Gasteiger partial charge in [-0.2, -0.15) is 0 Å². The lowest BCUT2D eigenvalue weighted by atomic mass is 10.0. The first-order chi connectivity index (χ1) is 9.15. The van der Waals surface area contributed by atoms with Crippen LogP contribution >= 0.6 is 45.8 Å². The zero-order valence-electron chi connectivity index (χ0n) is 10.00. The van der Waals surface area contributed by atoms with Crippen LogP contribution in [0.5, 0.6) is 5.75 Å². The summed E-state index contributed by atoms with van der Waals surface area (Å²) in [6.07, 6.45) is 0.902. The normalized spacial score (nSPS) is 14.9. The van der Waals surface area contributed by atoms with Gasteiger partial charge in [-0.3, -0.25) is 0 Å². The quantitative estimate of drug-likeness (QED) is 0.493. The van der Waals surface area contributed by atoms with Gasteiger partial charge in [0.25, 0.3) is 0 Å². The maximum Gasteiger partial charge on any atom is 0.127 e. The molecule has 0 spiro atoms. The van der Waals surface area contributed by atoms with Crippen LogP contribution in [0.3, 0.4) is 0 Å². The molecule has 2 aromatic carbocycles. The van der Waals surface area contributed by atoms with Crippen molar-refractivity contribution in [3.05, 3.63) is 61.7 Å². The summed E-state index contributed by atoms with van der Waals surface area (Å²) < 4.78 is 6.88. The Balaban J connectivity index is 2.07. The second-order valence-corrected chi connectivity index (χ2v) is 6.62. The van der Waals surface area contributed by atoms with E-state index >= 15 is 0 Å². The average molecular weight is 405 g/mol. The van der Waals surface area contributed by atoms with Crippen molar-refractivity contribution in [2.45, 2.75) is 11.8 Å². The molecule has 1 atom stereocenters. The van der Waals surface area contributed by atoms with E-state index in [0.29, 0.717) is 6.61 Å². The van der Waals surface area contributed by atoms with E-state index in [1.807, 2.05) is 30.3 Å². The number of alkyl halides is 1. The molecule has 19 heavy (non-hydrogen) atoms. The number of hydrogen-bond acceptors (Lipinski definition) is 1. The lowest BCUT2D eigenvalue weighted by molar-refractivity contribution is 0.353. The third-order valence-electron chi connectivity index (χ3n) is 3.19. The van der Waals surface area contributed by atoms with E-state index < -0.39 is 0 Å². The smallest absolute Gasteiger partial charge is 0.127 e. The van der Waals surface area contributed by atoms with E-state index in [2.05, 4.69) is 28.7 Å². The molecule has 0 saturated heterocycles. The van der Waals surface area contributed by atoms with Crippen LogP contribution in [-0.2, 0) is 6.42 Å². The largest absolute Gasteiger partial charge is 0.493 e. The molecule has 1 heterocycles. The zero-order chi connectivity index (χ0) is 13.4. The highest BCUT2D eigenvalue weighted by Gasteiger charge is 2.23. The highest BCUT2D eigenvalue weighted by atomic mass is 127. The minimum absolute atomic E-state index is 0.236. The topological polar surface area (TPSA) is 9.23 Å². The van der Waals surface area contributed by atoms with Crippen molar-refractivity contribution < 1.29 is 4.74 Å². The van der Waals surface area contributed by atoms with Crippen LogP contribution in [0.15, 0.2) is 36.4 Å². The van der Waals surface area contributed by atoms with Gasteiger partial charge in [-0.15, -0.1) is 11.6 Å². The van der Waals surface area contributed by atoms with E-state index in [-0.39, 0.29) is 5.38 Å². The van der Waals surface area contributed by atoms with Crippen molar-refractivity contribution in [2.24, 2.45) is 0 Å². The Morgan fingerprint density at radius 1 is 1.21 bits per heavy atom. The van der Waals surface area contributed by atoms with Gasteiger partial charge in [0.05, 0.1) is 12.0 Å². The number of ether oxygens (including phenoxy) is 1. The van der Waals surface area contributed by atoms with Gasteiger partial charge < -0.3 is 4.74 Å². The van der Waals surface area contributed by atoms with Gasteiger partial charge >= 0.3 is 0 Å². The highest BCUT2D eigenvalue weighted by Crippen LogP contribution is 2.41. The van der Waals surface area contributed by atoms with Gasteiger partial charge in [-0.25, -0.2) is 0 Å². The molecule has 4 heteroatoms. The third-order valence-corrected chi connectivity index (χ3v) is 4.57. The fraction of sp³-hybridized carbons (Fsp3) is 0.200. The summed E-state index contributed by atoms with van der Waals surface area (Å²) in [5.74, 6) is 0.906. The summed E-state index contributed by atoms with van der Waals surface area (Å²) in [5, 5.41) is 0.482. The number of benzene rings is 2. The molecular weight excluding hydrogens is 394 g/mol. The maximum atomic E-state index is 6.62. The molecular formula is C15H11Cl2IO. The molecule has 0 bridgehead atoms. The summed E-state index contributed by atoms with van der Waals surface area (Å²) in [4.78, 5) is 0. The van der Waals surface area contributed by atoms with Crippen LogP contribution in [0.2, 0.25) is 5.02 Å². The van der Waals surface area contributed by atoms with Gasteiger partial charge in [0, 0.05) is 20.6 Å². The van der Waals surface area contributed by atoms with Crippen LogP contribution in [0.1, 0.15) is 22.1 Å². The highest BCUT2D eigenvalue weighted by molar-refractivity contribution is 14.1. The Labute approximate surface area is 136 Å². The number of fused-ring (bicyclic) bond motifs is 1. The average Bonchev–Trinajstić information content (AvgIpc) is 2.85. The van der Waals surface area contributed by atoms with Crippen molar-refractivity contribution in [1.29, 1.82) is 0 Å². The second-order valence-electron chi connectivity index (χ2n) is 4.50. The first-order valence-corrected chi connectivity index (χ1v) is 7.89. The molecule has 2 aromatic rings. The minimum Gasteiger partial charge on any atom is -0.493 e. The Bertz CT molecular complexity index is 628. The molecule has 0 saturated carbocycles. The molecule has 0 N–H and O–H groups in total. The summed E-state index contributed by atoms with van der Waals surface area (Å²) >= 11 is 15.1. The summed E-state index contributed by atoms with van der Waals surface area (Å²) in [6.45, 7) is 0.707. The Morgan fingerprint density at radius 2 is 2.05 bits per heavy atom. The third kappa shape index (κ3) is 2.71. The zero-order valence-corrected chi connectivity index (χ0v) is 13.7. The fourth-order valence-electron chi connectivity index (χ4n) is 2.33. The molecule has 0 aromatic heterocycles. The van der Waals surface area contributed by atoms with Crippen LogP contribution in [0, 0.1) is 3.57 Å². The number of rotatable bonds is 2. The molecule has 0 aliphatic carbocycles. The Hall–Kier alpha value is -0.450. The minimum atomic E-state index is -0.236. The molecule has 98 valence electrons. The molecule has 3 rings (SSSR count). The lowest BCUT2D eigenvalue weighted by Crippen LogP contribution is -1.98. The summed E-state index contributed by atoms with van der Waals surface area (Å²) in [6, 6.07) is 12.0. The summed E-state index contributed by atoms with van der Waals surface area (Å²) in [7, 11) is 0. The predicted octanol–water partition coefficient (Wildman–Crippen LogP) is 5.21. The first-order valence-electron chi connectivity index (χ1n) is 6.00. The predicted molar refractivity (Wildman–Crippen MR) is 87.5 cm³/mol. The number of halogens is 3. The van der Waals surface area contributed by atoms with Crippen molar-refractivity contribution in [1.82, 2.24) is 0 Å². The van der Waals surface area contributed by atoms with Crippen LogP contribution in [0.4, 0.5) is 0 Å². The molecule has 1 unspecified atom stereocenters. The standard InChI is InChI=1S/C15H11Cl2IO/c16-11-6-10-4-5-19-15(10)13(8-11)14(17)9-2-1-3-12(18)7-9/h1-3,6-8,14H,4-5H2. The summed E-state index contributed by atoms with van der Waals surface area (Å²) in [5.41, 5.74) is 3.18. The van der Waals surface area contributed by atoms with Crippen LogP contribution < -0.4 is 4.74 Å². The Kier molecular flexibility index (Phi) is 3.92. The fourth-order valence-corrected chi connectivity index (χ4v) is 3.44. The van der Waals surface area contributed by atoms with E-state index in [4.69, 9.17) is 27.9 Å². The van der Waals surface area contributed by atoms with E-state index in [1.54, 1.807) is 0 Å². The Morgan fingerprint density at radius 3 is 2.84 bits per heavy atom. The van der Waals surface area contributed by atoms with E-state index in [0.717, 1.165) is 33.9 Å². The van der Waals surface area contributed by atoms with Gasteiger partial charge in [0.1, 0.15) is 5.75 Å².